The topological polar surface area (TPSA) is 54.0 Å². The van der Waals surface area contributed by atoms with Gasteiger partial charge >= 0.3 is 0 Å². The molecule has 1 amide bonds. The highest BCUT2D eigenvalue weighted by molar-refractivity contribution is 7.09. The van der Waals surface area contributed by atoms with Crippen molar-refractivity contribution in [2.45, 2.75) is 50.7 Å². The van der Waals surface area contributed by atoms with Gasteiger partial charge in [-0.05, 0) is 30.4 Å². The second-order valence-electron chi connectivity index (χ2n) is 9.20. The molecule has 1 saturated carbocycles. The fraction of sp³-hybridized carbons (Fsp3) is 0.577. The molecule has 2 aromatic rings. The second-order valence-corrected chi connectivity index (χ2v) is 10.2. The Morgan fingerprint density at radius 1 is 1.12 bits per heavy atom. The molecule has 1 saturated heterocycles. The van der Waals surface area contributed by atoms with Crippen molar-refractivity contribution in [2.24, 2.45) is 0 Å². The number of methoxy groups -OCH3 is 1. The van der Waals surface area contributed by atoms with Crippen LogP contribution in [0.2, 0.25) is 0 Å². The van der Waals surface area contributed by atoms with Gasteiger partial charge in [-0.2, -0.15) is 0 Å². The Balaban J connectivity index is 1.41. The lowest BCUT2D eigenvalue weighted by atomic mass is 9.79. The van der Waals surface area contributed by atoms with E-state index in [1.54, 1.807) is 18.4 Å². The number of ether oxygens (including phenoxy) is 2. The monoisotopic (exact) mass is 471 g/mol. The van der Waals surface area contributed by atoms with Crippen LogP contribution in [0.1, 0.15) is 42.5 Å². The first kappa shape index (κ1) is 24.2. The van der Waals surface area contributed by atoms with Crippen LogP contribution in [-0.4, -0.2) is 67.7 Å². The standard InChI is InChI=1S/C26H37N3O3S/c1-31-24-10-4-3-8-22(24)18-28(19-23-9-7-17-33-23)20-25(30)27-21-26(11-5-2-6-12-26)29-13-15-32-16-14-29/h3-4,7-10,17H,2,5-6,11-16,18-21H2,1H3,(H,27,30). The number of morpholine rings is 1. The van der Waals surface area contributed by atoms with E-state index < -0.39 is 0 Å². The van der Waals surface area contributed by atoms with Crippen molar-refractivity contribution in [1.82, 2.24) is 15.1 Å². The Bertz CT molecular complexity index is 861. The molecule has 6 nitrogen and oxygen atoms in total. The Hall–Kier alpha value is -1.93. The number of carbonyl (C=O) groups excluding carboxylic acids is 1. The van der Waals surface area contributed by atoms with E-state index in [1.807, 2.05) is 18.2 Å². The second kappa shape index (κ2) is 12.0. The summed E-state index contributed by atoms with van der Waals surface area (Å²) < 4.78 is 11.1. The summed E-state index contributed by atoms with van der Waals surface area (Å²) in [7, 11) is 1.70. The van der Waals surface area contributed by atoms with E-state index in [2.05, 4.69) is 38.7 Å². The van der Waals surface area contributed by atoms with Crippen LogP contribution in [0, 0.1) is 0 Å². The summed E-state index contributed by atoms with van der Waals surface area (Å²) in [5.74, 6) is 0.960. The summed E-state index contributed by atoms with van der Waals surface area (Å²) in [4.78, 5) is 19.2. The van der Waals surface area contributed by atoms with E-state index in [9.17, 15) is 4.79 Å². The Morgan fingerprint density at radius 3 is 2.64 bits per heavy atom. The van der Waals surface area contributed by atoms with Crippen LogP contribution >= 0.6 is 11.3 Å². The number of rotatable bonds is 10. The first-order valence-corrected chi connectivity index (χ1v) is 13.0. The van der Waals surface area contributed by atoms with Crippen LogP contribution in [-0.2, 0) is 22.6 Å². The number of thiophene rings is 1. The molecule has 2 fully saturated rings. The van der Waals surface area contributed by atoms with Crippen molar-refractivity contribution in [2.75, 3.05) is 46.5 Å². The molecule has 1 N–H and O–H groups in total. The van der Waals surface area contributed by atoms with Crippen molar-refractivity contribution in [3.05, 3.63) is 52.2 Å². The molecule has 1 aromatic heterocycles. The number of para-hydroxylation sites is 1. The molecule has 180 valence electrons. The van der Waals surface area contributed by atoms with Crippen molar-refractivity contribution in [1.29, 1.82) is 0 Å². The third-order valence-electron chi connectivity index (χ3n) is 6.99. The molecular weight excluding hydrogens is 434 g/mol. The molecule has 2 heterocycles. The SMILES string of the molecule is COc1ccccc1CN(CC(=O)NCC1(N2CCOCC2)CCCCC1)Cc1cccs1. The number of hydrogen-bond donors (Lipinski definition) is 1. The van der Waals surface area contributed by atoms with E-state index in [4.69, 9.17) is 9.47 Å². The van der Waals surface area contributed by atoms with Crippen LogP contribution in [0.4, 0.5) is 0 Å². The van der Waals surface area contributed by atoms with Crippen molar-refractivity contribution in [3.8, 4) is 5.75 Å². The average molecular weight is 472 g/mol. The molecule has 0 radical (unpaired) electrons. The fourth-order valence-corrected chi connectivity index (χ4v) is 5.99. The number of nitrogens with one attached hydrogen (secondary N) is 1. The number of benzene rings is 1. The minimum Gasteiger partial charge on any atom is -0.496 e. The maximum atomic E-state index is 13.2. The number of amides is 1. The number of nitrogens with zero attached hydrogens (tertiary/aromatic N) is 2. The molecule has 2 aliphatic rings. The van der Waals surface area contributed by atoms with Gasteiger partial charge in [0, 0.05) is 48.7 Å². The largest absolute Gasteiger partial charge is 0.496 e. The molecule has 0 bridgehead atoms. The maximum absolute atomic E-state index is 13.2. The third kappa shape index (κ3) is 6.57. The van der Waals surface area contributed by atoms with Gasteiger partial charge in [0.1, 0.15) is 5.75 Å². The lowest BCUT2D eigenvalue weighted by Gasteiger charge is -2.48. The minimum atomic E-state index is 0.0823. The summed E-state index contributed by atoms with van der Waals surface area (Å²) >= 11 is 1.73. The molecule has 4 rings (SSSR count). The third-order valence-corrected chi connectivity index (χ3v) is 7.86. The van der Waals surface area contributed by atoms with E-state index in [-0.39, 0.29) is 11.4 Å². The molecule has 1 aliphatic carbocycles. The van der Waals surface area contributed by atoms with E-state index >= 15 is 0 Å². The van der Waals surface area contributed by atoms with Gasteiger partial charge in [0.15, 0.2) is 0 Å². The smallest absolute Gasteiger partial charge is 0.234 e. The molecular formula is C26H37N3O3S. The average Bonchev–Trinajstić information content (AvgIpc) is 3.37. The molecule has 1 aromatic carbocycles. The predicted octanol–water partition coefficient (Wildman–Crippen LogP) is 3.91. The van der Waals surface area contributed by atoms with Crippen LogP contribution in [0.3, 0.4) is 0 Å². The molecule has 0 atom stereocenters. The fourth-order valence-electron chi connectivity index (χ4n) is 5.24. The van der Waals surface area contributed by atoms with Gasteiger partial charge in [-0.25, -0.2) is 0 Å². The Kier molecular flexibility index (Phi) is 8.78. The number of carbonyl (C=O) groups is 1. The van der Waals surface area contributed by atoms with Gasteiger partial charge in [-0.15, -0.1) is 11.3 Å². The molecule has 1 aliphatic heterocycles. The first-order chi connectivity index (χ1) is 16.2. The Labute approximate surface area is 201 Å². The van der Waals surface area contributed by atoms with Crippen LogP contribution in [0.5, 0.6) is 5.75 Å². The van der Waals surface area contributed by atoms with Gasteiger partial charge in [0.05, 0.1) is 26.9 Å². The van der Waals surface area contributed by atoms with Crippen LogP contribution in [0.15, 0.2) is 41.8 Å². The lowest BCUT2D eigenvalue weighted by Crippen LogP contribution is -2.60. The van der Waals surface area contributed by atoms with Gasteiger partial charge < -0.3 is 14.8 Å². The zero-order chi connectivity index (χ0) is 22.9. The summed E-state index contributed by atoms with van der Waals surface area (Å²) in [5.41, 5.74) is 1.18. The quantitative estimate of drug-likeness (QED) is 0.569. The molecule has 0 spiro atoms. The summed E-state index contributed by atoms with van der Waals surface area (Å²) in [6.07, 6.45) is 6.10. The summed E-state index contributed by atoms with van der Waals surface area (Å²) in [6, 6.07) is 12.3. The zero-order valence-electron chi connectivity index (χ0n) is 19.8. The van der Waals surface area contributed by atoms with Crippen molar-refractivity contribution < 1.29 is 14.3 Å². The first-order valence-electron chi connectivity index (χ1n) is 12.1. The van der Waals surface area contributed by atoms with Gasteiger partial charge in [0.2, 0.25) is 5.91 Å². The molecule has 7 heteroatoms. The molecule has 0 unspecified atom stereocenters. The summed E-state index contributed by atoms with van der Waals surface area (Å²) in [5, 5.41) is 5.41. The highest BCUT2D eigenvalue weighted by atomic mass is 32.1. The van der Waals surface area contributed by atoms with E-state index in [1.165, 1.54) is 24.1 Å². The lowest BCUT2D eigenvalue weighted by molar-refractivity contribution is -0.123. The van der Waals surface area contributed by atoms with Crippen LogP contribution in [0.25, 0.3) is 0 Å². The number of hydrogen-bond acceptors (Lipinski definition) is 6. The van der Waals surface area contributed by atoms with Gasteiger partial charge in [-0.3, -0.25) is 14.6 Å². The molecule has 33 heavy (non-hydrogen) atoms. The van der Waals surface area contributed by atoms with Crippen LogP contribution < -0.4 is 10.1 Å². The highest BCUT2D eigenvalue weighted by Crippen LogP contribution is 2.34. The van der Waals surface area contributed by atoms with Gasteiger partial charge in [0.25, 0.3) is 0 Å². The normalized spacial score (nSPS) is 18.8. The maximum Gasteiger partial charge on any atom is 0.234 e. The summed E-state index contributed by atoms with van der Waals surface area (Å²) in [6.45, 7) is 6.04. The minimum absolute atomic E-state index is 0.0823. The Morgan fingerprint density at radius 2 is 1.91 bits per heavy atom. The van der Waals surface area contributed by atoms with Crippen molar-refractivity contribution in [3.63, 3.8) is 0 Å². The van der Waals surface area contributed by atoms with Crippen molar-refractivity contribution >= 4 is 17.2 Å². The highest BCUT2D eigenvalue weighted by Gasteiger charge is 2.38. The zero-order valence-corrected chi connectivity index (χ0v) is 20.6. The van der Waals surface area contributed by atoms with E-state index in [0.717, 1.165) is 63.5 Å². The predicted molar refractivity (Wildman–Crippen MR) is 133 cm³/mol. The van der Waals surface area contributed by atoms with E-state index in [0.29, 0.717) is 13.1 Å². The van der Waals surface area contributed by atoms with Gasteiger partial charge in [-0.1, -0.05) is 43.5 Å².